The fourth-order valence-electron chi connectivity index (χ4n) is 2.16. The Morgan fingerprint density at radius 1 is 1.40 bits per heavy atom. The van der Waals surface area contributed by atoms with Crippen LogP contribution in [0.5, 0.6) is 0 Å². The van der Waals surface area contributed by atoms with Gasteiger partial charge < -0.3 is 9.88 Å². The van der Waals surface area contributed by atoms with Crippen molar-refractivity contribution in [1.82, 2.24) is 20.1 Å². The van der Waals surface area contributed by atoms with Gasteiger partial charge in [-0.25, -0.2) is 0 Å². The maximum absolute atomic E-state index is 4.60. The normalized spacial score (nSPS) is 20.2. The number of benzene rings is 1. The number of hydrogen-bond acceptors (Lipinski definition) is 4. The maximum Gasteiger partial charge on any atom is 0.157 e. The van der Waals surface area contributed by atoms with Gasteiger partial charge in [-0.3, -0.25) is 4.99 Å². The number of aryl methyl sites for hydroxylation is 1. The standard InChI is InChI=1S/C14H17N5S/c1-2-19-10-16-18-13(19)8-15-14-17-12(9-20-14)11-6-4-3-5-7-11/h3-7,10,12H,2,8-9H2,1H3,(H,15,17). The smallest absolute Gasteiger partial charge is 0.157 e. The molecule has 1 atom stereocenters. The summed E-state index contributed by atoms with van der Waals surface area (Å²) in [5.41, 5.74) is 1.31. The largest absolute Gasteiger partial charge is 0.357 e. The summed E-state index contributed by atoms with van der Waals surface area (Å²) in [5.74, 6) is 1.93. The highest BCUT2D eigenvalue weighted by Crippen LogP contribution is 2.25. The van der Waals surface area contributed by atoms with Crippen molar-refractivity contribution >= 4 is 16.9 Å². The topological polar surface area (TPSA) is 55.1 Å². The van der Waals surface area contributed by atoms with Gasteiger partial charge in [0, 0.05) is 12.3 Å². The molecule has 1 aromatic carbocycles. The first kappa shape index (κ1) is 13.2. The third-order valence-electron chi connectivity index (χ3n) is 3.29. The van der Waals surface area contributed by atoms with E-state index in [2.05, 4.69) is 51.7 Å². The second-order valence-corrected chi connectivity index (χ2v) is 5.58. The molecule has 1 aromatic heterocycles. The van der Waals surface area contributed by atoms with E-state index >= 15 is 0 Å². The SMILES string of the molecule is CCn1cnnc1CN=C1NC(c2ccccc2)CS1. The van der Waals surface area contributed by atoms with E-state index in [1.54, 1.807) is 18.1 Å². The molecule has 6 heteroatoms. The molecule has 3 rings (SSSR count). The van der Waals surface area contributed by atoms with Crippen molar-refractivity contribution in [2.24, 2.45) is 4.99 Å². The molecule has 1 aliphatic heterocycles. The predicted octanol–water partition coefficient (Wildman–Crippen LogP) is 2.23. The lowest BCUT2D eigenvalue weighted by Gasteiger charge is -2.09. The van der Waals surface area contributed by atoms with Gasteiger partial charge in [0.1, 0.15) is 12.9 Å². The number of nitrogens with one attached hydrogen (secondary N) is 1. The second-order valence-electron chi connectivity index (χ2n) is 4.57. The zero-order chi connectivity index (χ0) is 13.8. The highest BCUT2D eigenvalue weighted by molar-refractivity contribution is 8.14. The monoisotopic (exact) mass is 287 g/mol. The molecular weight excluding hydrogens is 270 g/mol. The summed E-state index contributed by atoms with van der Waals surface area (Å²) in [6.45, 7) is 3.53. The molecule has 1 saturated heterocycles. The summed E-state index contributed by atoms with van der Waals surface area (Å²) in [7, 11) is 0. The predicted molar refractivity (Wildman–Crippen MR) is 81.6 cm³/mol. The van der Waals surface area contributed by atoms with Crippen molar-refractivity contribution in [3.63, 3.8) is 0 Å². The minimum Gasteiger partial charge on any atom is -0.357 e. The number of aliphatic imine (C=N–C) groups is 1. The molecule has 0 radical (unpaired) electrons. The Hall–Kier alpha value is -1.82. The summed E-state index contributed by atoms with van der Waals surface area (Å²) in [5, 5.41) is 12.5. The fourth-order valence-corrected chi connectivity index (χ4v) is 3.14. The molecule has 5 nitrogen and oxygen atoms in total. The van der Waals surface area contributed by atoms with Crippen molar-refractivity contribution in [3.05, 3.63) is 48.0 Å². The average molecular weight is 287 g/mol. The van der Waals surface area contributed by atoms with Crippen LogP contribution in [0.1, 0.15) is 24.4 Å². The number of aromatic nitrogens is 3. The van der Waals surface area contributed by atoms with Gasteiger partial charge in [0.2, 0.25) is 0 Å². The number of rotatable bonds is 4. The zero-order valence-electron chi connectivity index (χ0n) is 11.4. The number of nitrogens with zero attached hydrogens (tertiary/aromatic N) is 4. The number of hydrogen-bond donors (Lipinski definition) is 1. The van der Waals surface area contributed by atoms with E-state index in [1.165, 1.54) is 5.56 Å². The molecule has 0 aliphatic carbocycles. The first-order valence-corrected chi connectivity index (χ1v) is 7.71. The molecule has 104 valence electrons. The molecule has 1 aliphatic rings. The van der Waals surface area contributed by atoms with Gasteiger partial charge in [0.25, 0.3) is 0 Å². The van der Waals surface area contributed by atoms with Gasteiger partial charge in [-0.05, 0) is 12.5 Å². The van der Waals surface area contributed by atoms with Crippen LogP contribution in [0.15, 0.2) is 41.7 Å². The van der Waals surface area contributed by atoms with Crippen LogP contribution in [-0.2, 0) is 13.1 Å². The van der Waals surface area contributed by atoms with Gasteiger partial charge in [0.05, 0.1) is 6.04 Å². The Bertz CT molecular complexity index is 593. The number of thioether (sulfide) groups is 1. The van der Waals surface area contributed by atoms with Crippen LogP contribution in [0, 0.1) is 0 Å². The Balaban J connectivity index is 1.64. The molecule has 0 saturated carbocycles. The average Bonchev–Trinajstić information content (AvgIpc) is 3.15. The van der Waals surface area contributed by atoms with Gasteiger partial charge in [0.15, 0.2) is 11.0 Å². The van der Waals surface area contributed by atoms with E-state index in [4.69, 9.17) is 0 Å². The minimum atomic E-state index is 0.351. The molecule has 1 N–H and O–H groups in total. The first-order valence-electron chi connectivity index (χ1n) is 6.72. The van der Waals surface area contributed by atoms with Crippen LogP contribution in [0.25, 0.3) is 0 Å². The van der Waals surface area contributed by atoms with Crippen LogP contribution in [0.4, 0.5) is 0 Å². The van der Waals surface area contributed by atoms with E-state index in [0.29, 0.717) is 12.6 Å². The van der Waals surface area contributed by atoms with Crippen molar-refractivity contribution in [1.29, 1.82) is 0 Å². The number of amidine groups is 1. The Kier molecular flexibility index (Phi) is 4.01. The zero-order valence-corrected chi connectivity index (χ0v) is 12.2. The lowest BCUT2D eigenvalue weighted by atomic mass is 10.1. The van der Waals surface area contributed by atoms with Gasteiger partial charge >= 0.3 is 0 Å². The Labute approximate surface area is 122 Å². The third kappa shape index (κ3) is 2.85. The Morgan fingerprint density at radius 2 is 2.25 bits per heavy atom. The molecule has 2 heterocycles. The second kappa shape index (κ2) is 6.09. The van der Waals surface area contributed by atoms with E-state index in [0.717, 1.165) is 23.3 Å². The van der Waals surface area contributed by atoms with Crippen LogP contribution in [0.3, 0.4) is 0 Å². The molecule has 0 bridgehead atoms. The van der Waals surface area contributed by atoms with Gasteiger partial charge in [-0.1, -0.05) is 42.1 Å². The van der Waals surface area contributed by atoms with Crippen molar-refractivity contribution in [2.75, 3.05) is 5.75 Å². The summed E-state index contributed by atoms with van der Waals surface area (Å²) < 4.78 is 2.01. The fraction of sp³-hybridized carbons (Fsp3) is 0.357. The lowest BCUT2D eigenvalue weighted by molar-refractivity contribution is 0.695. The van der Waals surface area contributed by atoms with Crippen molar-refractivity contribution in [2.45, 2.75) is 26.1 Å². The van der Waals surface area contributed by atoms with Crippen LogP contribution < -0.4 is 5.32 Å². The van der Waals surface area contributed by atoms with Crippen LogP contribution in [-0.4, -0.2) is 25.7 Å². The van der Waals surface area contributed by atoms with Crippen molar-refractivity contribution < 1.29 is 0 Å². The molecule has 1 fully saturated rings. The molecule has 1 unspecified atom stereocenters. The quantitative estimate of drug-likeness (QED) is 0.937. The lowest BCUT2D eigenvalue weighted by Crippen LogP contribution is -2.19. The van der Waals surface area contributed by atoms with Crippen molar-refractivity contribution in [3.8, 4) is 0 Å². The van der Waals surface area contributed by atoms with E-state index in [-0.39, 0.29) is 0 Å². The van der Waals surface area contributed by atoms with E-state index in [1.807, 2.05) is 10.6 Å². The summed E-state index contributed by atoms with van der Waals surface area (Å²) >= 11 is 1.76. The van der Waals surface area contributed by atoms with E-state index < -0.39 is 0 Å². The highest BCUT2D eigenvalue weighted by atomic mass is 32.2. The summed E-state index contributed by atoms with van der Waals surface area (Å²) in [6, 6.07) is 10.8. The van der Waals surface area contributed by atoms with E-state index in [9.17, 15) is 0 Å². The molecule has 2 aromatic rings. The van der Waals surface area contributed by atoms with Gasteiger partial charge in [-0.15, -0.1) is 10.2 Å². The summed E-state index contributed by atoms with van der Waals surface area (Å²) in [4.78, 5) is 4.60. The summed E-state index contributed by atoms with van der Waals surface area (Å²) in [6.07, 6.45) is 1.75. The minimum absolute atomic E-state index is 0.351. The Morgan fingerprint density at radius 3 is 3.05 bits per heavy atom. The molecule has 0 amide bonds. The van der Waals surface area contributed by atoms with Crippen LogP contribution >= 0.6 is 11.8 Å². The van der Waals surface area contributed by atoms with Crippen LogP contribution in [0.2, 0.25) is 0 Å². The molecular formula is C14H17N5S. The molecule has 20 heavy (non-hydrogen) atoms. The highest BCUT2D eigenvalue weighted by Gasteiger charge is 2.21. The molecule has 0 spiro atoms. The van der Waals surface area contributed by atoms with Gasteiger partial charge in [-0.2, -0.15) is 0 Å². The first-order chi connectivity index (χ1) is 9.86. The third-order valence-corrected chi connectivity index (χ3v) is 4.31. The maximum atomic E-state index is 4.60.